The second-order valence-corrected chi connectivity index (χ2v) is 10.4. The number of hydrogen-bond donors (Lipinski definition) is 0. The molecule has 1 amide bonds. The number of anilines is 1. The zero-order valence-electron chi connectivity index (χ0n) is 22.0. The number of ketones is 1. The van der Waals surface area contributed by atoms with Gasteiger partial charge in [-0.2, -0.15) is 0 Å². The maximum Gasteiger partial charge on any atom is 0.297 e. The Bertz CT molecular complexity index is 1840. The van der Waals surface area contributed by atoms with Crippen molar-refractivity contribution in [3.8, 4) is 11.5 Å². The van der Waals surface area contributed by atoms with Crippen LogP contribution in [-0.2, 0) is 6.61 Å². The van der Waals surface area contributed by atoms with Crippen LogP contribution in [0.15, 0.2) is 82.0 Å². The first-order valence-electron chi connectivity index (χ1n) is 12.6. The second-order valence-electron chi connectivity index (χ2n) is 9.40. The van der Waals surface area contributed by atoms with E-state index in [2.05, 4.69) is 4.98 Å². The molecule has 0 spiro atoms. The van der Waals surface area contributed by atoms with Gasteiger partial charge in [0.1, 0.15) is 12.2 Å². The summed E-state index contributed by atoms with van der Waals surface area (Å²) in [5, 5.41) is 0.673. The van der Waals surface area contributed by atoms with Gasteiger partial charge in [-0.25, -0.2) is 4.98 Å². The van der Waals surface area contributed by atoms with Crippen LogP contribution in [0.3, 0.4) is 0 Å². The van der Waals surface area contributed by atoms with Gasteiger partial charge >= 0.3 is 0 Å². The monoisotopic (exact) mass is 552 g/mol. The minimum atomic E-state index is -0.856. The second kappa shape index (κ2) is 10.1. The van der Waals surface area contributed by atoms with E-state index in [1.807, 2.05) is 30.3 Å². The molecule has 0 fully saturated rings. The molecule has 0 bridgehead atoms. The van der Waals surface area contributed by atoms with E-state index in [1.165, 1.54) is 18.9 Å². The topological polar surface area (TPSA) is 98.9 Å². The molecule has 0 aliphatic carbocycles. The molecule has 0 saturated carbocycles. The predicted molar refractivity (Wildman–Crippen MR) is 152 cm³/mol. The Morgan fingerprint density at radius 1 is 1.02 bits per heavy atom. The molecule has 0 saturated heterocycles. The normalized spacial score (nSPS) is 14.4. The molecule has 9 heteroatoms. The number of Topliss-reactive ketones (excluding diaryl/α,β-unsaturated/α-hetero) is 1. The van der Waals surface area contributed by atoms with Gasteiger partial charge < -0.3 is 13.9 Å². The van der Waals surface area contributed by atoms with Crippen molar-refractivity contribution in [3.63, 3.8) is 0 Å². The van der Waals surface area contributed by atoms with Gasteiger partial charge in [0.2, 0.25) is 5.76 Å². The lowest BCUT2D eigenvalue weighted by molar-refractivity contribution is 0.0969. The van der Waals surface area contributed by atoms with E-state index in [-0.39, 0.29) is 22.5 Å². The van der Waals surface area contributed by atoms with Crippen molar-refractivity contribution in [2.24, 2.45) is 0 Å². The van der Waals surface area contributed by atoms with Crippen molar-refractivity contribution in [2.45, 2.75) is 26.5 Å². The summed E-state index contributed by atoms with van der Waals surface area (Å²) in [6, 6.07) is 21.0. The third-order valence-corrected chi connectivity index (χ3v) is 8.09. The Labute approximate surface area is 233 Å². The minimum absolute atomic E-state index is 0.0469. The maximum absolute atomic E-state index is 13.9. The number of nitrogens with zero attached hydrogens (tertiary/aromatic N) is 2. The predicted octanol–water partition coefficient (Wildman–Crippen LogP) is 6.10. The number of rotatable bonds is 7. The molecule has 3 aromatic carbocycles. The number of carbonyl (C=O) groups is 2. The molecule has 200 valence electrons. The molecule has 1 aliphatic heterocycles. The molecule has 8 nitrogen and oxygen atoms in total. The standard InChI is InChI=1S/C31H24N2O6S/c1-17-29(18(2)34)40-31(32-17)33-26(25-27(35)21-11-7-8-12-22(21)39-28(25)30(33)36)20-13-14-23(24(15-20)37-3)38-16-19-9-5-4-6-10-19/h4-15,26H,16H2,1-3H3. The Morgan fingerprint density at radius 3 is 2.50 bits per heavy atom. The van der Waals surface area contributed by atoms with Gasteiger partial charge in [0, 0.05) is 6.92 Å². The number of thiazole rings is 1. The first-order valence-corrected chi connectivity index (χ1v) is 13.4. The van der Waals surface area contributed by atoms with Gasteiger partial charge in [0.25, 0.3) is 5.91 Å². The van der Waals surface area contributed by atoms with Gasteiger partial charge in [-0.15, -0.1) is 0 Å². The molecule has 3 heterocycles. The largest absolute Gasteiger partial charge is 0.493 e. The van der Waals surface area contributed by atoms with Crippen LogP contribution in [0.1, 0.15) is 55.6 Å². The molecule has 2 aromatic heterocycles. The number of fused-ring (bicyclic) bond motifs is 2. The third-order valence-electron chi connectivity index (χ3n) is 6.83. The summed E-state index contributed by atoms with van der Waals surface area (Å²) in [6.45, 7) is 3.52. The van der Waals surface area contributed by atoms with Crippen LogP contribution in [0.4, 0.5) is 5.13 Å². The van der Waals surface area contributed by atoms with E-state index >= 15 is 0 Å². The fourth-order valence-corrected chi connectivity index (χ4v) is 5.94. The molecule has 1 unspecified atom stereocenters. The lowest BCUT2D eigenvalue weighted by atomic mass is 9.98. The van der Waals surface area contributed by atoms with E-state index in [9.17, 15) is 14.4 Å². The summed E-state index contributed by atoms with van der Waals surface area (Å²) in [7, 11) is 1.53. The van der Waals surface area contributed by atoms with Gasteiger partial charge in [-0.3, -0.25) is 19.3 Å². The van der Waals surface area contributed by atoms with Gasteiger partial charge in [0.05, 0.1) is 34.7 Å². The lowest BCUT2D eigenvalue weighted by Gasteiger charge is -2.23. The number of carbonyl (C=O) groups excluding carboxylic acids is 2. The quantitative estimate of drug-likeness (QED) is 0.225. The zero-order chi connectivity index (χ0) is 28.0. The summed E-state index contributed by atoms with van der Waals surface area (Å²) < 4.78 is 17.7. The number of amides is 1. The highest BCUT2D eigenvalue weighted by molar-refractivity contribution is 7.17. The van der Waals surface area contributed by atoms with Crippen molar-refractivity contribution in [3.05, 3.63) is 116 Å². The molecule has 5 aromatic rings. The molecular formula is C31H24N2O6S. The summed E-state index contributed by atoms with van der Waals surface area (Å²) in [5.74, 6) is 0.257. The SMILES string of the molecule is COc1cc(C2c3c(oc4ccccc4c3=O)C(=O)N2c2nc(C)c(C(C)=O)s2)ccc1OCc1ccccc1. The average Bonchev–Trinajstić information content (AvgIpc) is 3.49. The highest BCUT2D eigenvalue weighted by atomic mass is 32.1. The van der Waals surface area contributed by atoms with Crippen LogP contribution in [0.5, 0.6) is 11.5 Å². The van der Waals surface area contributed by atoms with E-state index in [1.54, 1.807) is 49.4 Å². The number of para-hydroxylation sites is 1. The van der Waals surface area contributed by atoms with Gasteiger partial charge in [-0.05, 0) is 42.3 Å². The fraction of sp³-hybridized carbons (Fsp3) is 0.161. The smallest absolute Gasteiger partial charge is 0.297 e. The Balaban J connectivity index is 1.50. The Hall–Kier alpha value is -4.76. The number of methoxy groups -OCH3 is 1. The maximum atomic E-state index is 13.9. The van der Waals surface area contributed by atoms with Crippen LogP contribution in [-0.4, -0.2) is 23.8 Å². The van der Waals surface area contributed by atoms with Crippen LogP contribution in [0.25, 0.3) is 11.0 Å². The highest BCUT2D eigenvalue weighted by Crippen LogP contribution is 2.44. The third kappa shape index (κ3) is 4.24. The molecule has 6 rings (SSSR count). The molecule has 40 heavy (non-hydrogen) atoms. The van der Waals surface area contributed by atoms with E-state index < -0.39 is 11.9 Å². The molecular weight excluding hydrogens is 528 g/mol. The first kappa shape index (κ1) is 25.5. The van der Waals surface area contributed by atoms with Crippen LogP contribution in [0, 0.1) is 6.92 Å². The Morgan fingerprint density at radius 2 is 1.77 bits per heavy atom. The highest BCUT2D eigenvalue weighted by Gasteiger charge is 2.45. The molecule has 1 aliphatic rings. The molecule has 0 radical (unpaired) electrons. The van der Waals surface area contributed by atoms with Crippen molar-refractivity contribution in [2.75, 3.05) is 12.0 Å². The van der Waals surface area contributed by atoms with Crippen molar-refractivity contribution >= 4 is 39.1 Å². The summed E-state index contributed by atoms with van der Waals surface area (Å²) >= 11 is 1.11. The van der Waals surface area contributed by atoms with E-state index in [0.717, 1.165) is 16.9 Å². The van der Waals surface area contributed by atoms with E-state index in [4.69, 9.17) is 13.9 Å². The fourth-order valence-electron chi connectivity index (χ4n) is 4.95. The van der Waals surface area contributed by atoms with Crippen molar-refractivity contribution in [1.82, 2.24) is 4.98 Å². The number of ether oxygens (including phenoxy) is 2. The van der Waals surface area contributed by atoms with Crippen LogP contribution in [0.2, 0.25) is 0 Å². The Kier molecular flexibility index (Phi) is 6.43. The molecule has 1 atom stereocenters. The lowest BCUT2D eigenvalue weighted by Crippen LogP contribution is -2.29. The van der Waals surface area contributed by atoms with Crippen molar-refractivity contribution in [1.29, 1.82) is 0 Å². The van der Waals surface area contributed by atoms with Crippen LogP contribution < -0.4 is 19.8 Å². The van der Waals surface area contributed by atoms with Gasteiger partial charge in [0.15, 0.2) is 27.8 Å². The van der Waals surface area contributed by atoms with Crippen molar-refractivity contribution < 1.29 is 23.5 Å². The van der Waals surface area contributed by atoms with E-state index in [0.29, 0.717) is 50.3 Å². The van der Waals surface area contributed by atoms with Gasteiger partial charge in [-0.1, -0.05) is 59.9 Å². The zero-order valence-corrected chi connectivity index (χ0v) is 22.8. The number of aromatic nitrogens is 1. The number of hydrogen-bond acceptors (Lipinski definition) is 8. The average molecular weight is 553 g/mol. The van der Waals surface area contributed by atoms with Crippen LogP contribution >= 0.6 is 11.3 Å². The number of aryl methyl sites for hydroxylation is 1. The minimum Gasteiger partial charge on any atom is -0.493 e. The molecule has 0 N–H and O–H groups in total. The first-order chi connectivity index (χ1) is 19.4. The summed E-state index contributed by atoms with van der Waals surface area (Å²) in [4.78, 5) is 46.3. The summed E-state index contributed by atoms with van der Waals surface area (Å²) in [6.07, 6.45) is 0. The summed E-state index contributed by atoms with van der Waals surface area (Å²) in [5.41, 5.74) is 2.35. The number of benzene rings is 3.